The molecule has 1 fully saturated rings. The summed E-state index contributed by atoms with van der Waals surface area (Å²) in [6.45, 7) is 0.734. The first kappa shape index (κ1) is 12.9. The first-order valence-corrected chi connectivity index (χ1v) is 5.85. The van der Waals surface area contributed by atoms with Crippen molar-refractivity contribution in [2.45, 2.75) is 31.4 Å². The lowest BCUT2D eigenvalue weighted by Crippen LogP contribution is -2.45. The molecule has 0 aromatic heterocycles. The maximum atomic E-state index is 13.1. The molecule has 1 aliphatic carbocycles. The zero-order chi connectivity index (χ0) is 13.2. The molecule has 0 saturated heterocycles. The zero-order valence-electron chi connectivity index (χ0n) is 9.86. The predicted molar refractivity (Wildman–Crippen MR) is 63.6 cm³/mol. The van der Waals surface area contributed by atoms with Gasteiger partial charge in [0.05, 0.1) is 16.6 Å². The van der Waals surface area contributed by atoms with Crippen LogP contribution in [0.25, 0.3) is 0 Å². The number of hydrogen-bond acceptors (Lipinski definition) is 4. The van der Waals surface area contributed by atoms with Crippen LogP contribution in [-0.2, 0) is 6.54 Å². The number of halogens is 1. The van der Waals surface area contributed by atoms with E-state index in [0.717, 1.165) is 25.3 Å². The van der Waals surface area contributed by atoms with Gasteiger partial charge in [-0.15, -0.1) is 0 Å². The van der Waals surface area contributed by atoms with Crippen molar-refractivity contribution in [3.05, 3.63) is 39.7 Å². The average molecular weight is 254 g/mol. The Bertz CT molecular complexity index is 461. The molecule has 5 nitrogen and oxygen atoms in total. The van der Waals surface area contributed by atoms with Gasteiger partial charge in [-0.05, 0) is 30.9 Å². The van der Waals surface area contributed by atoms with Gasteiger partial charge in [0.25, 0.3) is 5.69 Å². The molecule has 0 unspecified atom stereocenters. The largest absolute Gasteiger partial charge is 0.389 e. The Kier molecular flexibility index (Phi) is 3.58. The van der Waals surface area contributed by atoms with E-state index in [4.69, 9.17) is 0 Å². The summed E-state index contributed by atoms with van der Waals surface area (Å²) >= 11 is 0. The Labute approximate surface area is 104 Å². The molecule has 98 valence electrons. The summed E-state index contributed by atoms with van der Waals surface area (Å²) in [6.07, 6.45) is 2.55. The van der Waals surface area contributed by atoms with Gasteiger partial charge in [0.2, 0.25) is 0 Å². The molecule has 0 amide bonds. The van der Waals surface area contributed by atoms with E-state index in [1.54, 1.807) is 0 Å². The minimum Gasteiger partial charge on any atom is -0.389 e. The van der Waals surface area contributed by atoms with Crippen molar-refractivity contribution in [2.75, 3.05) is 6.54 Å². The minimum atomic E-state index is -0.654. The second-order valence-corrected chi connectivity index (χ2v) is 4.76. The van der Waals surface area contributed by atoms with Gasteiger partial charge in [-0.1, -0.05) is 0 Å². The highest BCUT2D eigenvalue weighted by Crippen LogP contribution is 2.30. The number of nitrogens with zero attached hydrogens (tertiary/aromatic N) is 1. The van der Waals surface area contributed by atoms with Crippen LogP contribution in [0.2, 0.25) is 0 Å². The van der Waals surface area contributed by atoms with Gasteiger partial charge in [-0.3, -0.25) is 10.1 Å². The fourth-order valence-corrected chi connectivity index (χ4v) is 2.04. The van der Waals surface area contributed by atoms with Crippen LogP contribution >= 0.6 is 0 Å². The average Bonchev–Trinajstić information content (AvgIpc) is 2.26. The van der Waals surface area contributed by atoms with E-state index >= 15 is 0 Å². The lowest BCUT2D eigenvalue weighted by molar-refractivity contribution is -0.385. The topological polar surface area (TPSA) is 75.4 Å². The molecule has 0 radical (unpaired) electrons. The molecule has 0 atom stereocenters. The normalized spacial score (nSPS) is 17.2. The maximum absolute atomic E-state index is 13.1. The molecule has 0 aliphatic heterocycles. The van der Waals surface area contributed by atoms with Crippen molar-refractivity contribution in [3.8, 4) is 0 Å². The number of nitro groups is 1. The second kappa shape index (κ2) is 4.99. The van der Waals surface area contributed by atoms with Crippen LogP contribution < -0.4 is 5.32 Å². The van der Waals surface area contributed by atoms with E-state index in [0.29, 0.717) is 18.7 Å². The fourth-order valence-electron chi connectivity index (χ4n) is 2.04. The molecule has 1 aromatic rings. The molecule has 1 saturated carbocycles. The Hall–Kier alpha value is -1.53. The molecule has 0 spiro atoms. The highest BCUT2D eigenvalue weighted by Gasteiger charge is 2.33. The Morgan fingerprint density at radius 2 is 2.17 bits per heavy atom. The quantitative estimate of drug-likeness (QED) is 0.620. The highest BCUT2D eigenvalue weighted by atomic mass is 19.1. The number of nitrogens with one attached hydrogen (secondary N) is 1. The first-order valence-electron chi connectivity index (χ1n) is 5.85. The van der Waals surface area contributed by atoms with Crippen LogP contribution in [-0.4, -0.2) is 22.2 Å². The molecule has 6 heteroatoms. The molecule has 1 aliphatic rings. The highest BCUT2D eigenvalue weighted by molar-refractivity contribution is 5.35. The molecule has 2 rings (SSSR count). The summed E-state index contributed by atoms with van der Waals surface area (Å²) in [6, 6.07) is 3.48. The monoisotopic (exact) mass is 254 g/mol. The predicted octanol–water partition coefficient (Wildman–Crippen LogP) is 1.74. The molecule has 0 bridgehead atoms. The van der Waals surface area contributed by atoms with Crippen molar-refractivity contribution in [3.63, 3.8) is 0 Å². The van der Waals surface area contributed by atoms with E-state index in [-0.39, 0.29) is 5.69 Å². The van der Waals surface area contributed by atoms with Gasteiger partial charge in [-0.25, -0.2) is 4.39 Å². The maximum Gasteiger partial charge on any atom is 0.272 e. The van der Waals surface area contributed by atoms with Crippen molar-refractivity contribution >= 4 is 5.69 Å². The zero-order valence-corrected chi connectivity index (χ0v) is 9.86. The van der Waals surface area contributed by atoms with Crippen molar-refractivity contribution in [1.29, 1.82) is 0 Å². The van der Waals surface area contributed by atoms with Crippen LogP contribution in [0.5, 0.6) is 0 Å². The summed E-state index contributed by atoms with van der Waals surface area (Å²) < 4.78 is 13.1. The van der Waals surface area contributed by atoms with Gasteiger partial charge < -0.3 is 10.4 Å². The SMILES string of the molecule is O=[N+]([O-])c1cc(F)cc(CNCC2(O)CCC2)c1. The minimum absolute atomic E-state index is 0.255. The standard InChI is InChI=1S/C12H15FN2O3/c13-10-4-9(5-11(6-10)15(17)18)7-14-8-12(16)2-1-3-12/h4-6,14,16H,1-3,7-8H2. The Balaban J connectivity index is 1.94. The number of aliphatic hydroxyl groups is 1. The lowest BCUT2D eigenvalue weighted by atomic mass is 9.80. The van der Waals surface area contributed by atoms with E-state index in [1.165, 1.54) is 12.1 Å². The molecular formula is C12H15FN2O3. The first-order chi connectivity index (χ1) is 8.48. The lowest BCUT2D eigenvalue weighted by Gasteiger charge is -2.36. The van der Waals surface area contributed by atoms with Crippen LogP contribution in [0, 0.1) is 15.9 Å². The Morgan fingerprint density at radius 3 is 2.72 bits per heavy atom. The van der Waals surface area contributed by atoms with Crippen LogP contribution in [0.1, 0.15) is 24.8 Å². The van der Waals surface area contributed by atoms with E-state index in [2.05, 4.69) is 5.32 Å². The second-order valence-electron chi connectivity index (χ2n) is 4.76. The summed E-state index contributed by atoms with van der Waals surface area (Å²) in [5.74, 6) is -0.622. The molecule has 0 heterocycles. The van der Waals surface area contributed by atoms with Crippen molar-refractivity contribution in [2.24, 2.45) is 0 Å². The number of benzene rings is 1. The van der Waals surface area contributed by atoms with E-state index < -0.39 is 16.3 Å². The third-order valence-corrected chi connectivity index (χ3v) is 3.22. The number of non-ortho nitro benzene ring substituents is 1. The fraction of sp³-hybridized carbons (Fsp3) is 0.500. The van der Waals surface area contributed by atoms with Crippen LogP contribution in [0.15, 0.2) is 18.2 Å². The van der Waals surface area contributed by atoms with E-state index in [1.807, 2.05) is 0 Å². The van der Waals surface area contributed by atoms with E-state index in [9.17, 15) is 19.6 Å². The summed E-state index contributed by atoms with van der Waals surface area (Å²) in [4.78, 5) is 9.95. The third-order valence-electron chi connectivity index (χ3n) is 3.22. The molecule has 18 heavy (non-hydrogen) atoms. The van der Waals surface area contributed by atoms with Gasteiger partial charge in [-0.2, -0.15) is 0 Å². The third kappa shape index (κ3) is 3.02. The van der Waals surface area contributed by atoms with Gasteiger partial charge in [0.1, 0.15) is 5.82 Å². The number of rotatable bonds is 5. The summed E-state index contributed by atoms with van der Waals surface area (Å²) in [7, 11) is 0. The van der Waals surface area contributed by atoms with Crippen LogP contribution in [0.4, 0.5) is 10.1 Å². The summed E-state index contributed by atoms with van der Waals surface area (Å²) in [5, 5.41) is 23.4. The van der Waals surface area contributed by atoms with Crippen molar-refractivity contribution < 1.29 is 14.4 Å². The molecule has 1 aromatic carbocycles. The smallest absolute Gasteiger partial charge is 0.272 e. The molecule has 2 N–H and O–H groups in total. The Morgan fingerprint density at radius 1 is 1.44 bits per heavy atom. The molecular weight excluding hydrogens is 239 g/mol. The number of nitro benzene ring substituents is 1. The number of hydrogen-bond donors (Lipinski definition) is 2. The van der Waals surface area contributed by atoms with Crippen molar-refractivity contribution in [1.82, 2.24) is 5.32 Å². The van der Waals surface area contributed by atoms with Gasteiger partial charge in [0, 0.05) is 19.2 Å². The van der Waals surface area contributed by atoms with Gasteiger partial charge in [0.15, 0.2) is 0 Å². The summed E-state index contributed by atoms with van der Waals surface area (Å²) in [5.41, 5.74) is -0.405. The van der Waals surface area contributed by atoms with Gasteiger partial charge >= 0.3 is 0 Å². The van der Waals surface area contributed by atoms with Crippen LogP contribution in [0.3, 0.4) is 0 Å².